The van der Waals surface area contributed by atoms with E-state index in [0.29, 0.717) is 16.5 Å². The van der Waals surface area contributed by atoms with E-state index in [1.165, 1.54) is 18.2 Å². The van der Waals surface area contributed by atoms with Gasteiger partial charge in [0.1, 0.15) is 11.5 Å². The van der Waals surface area contributed by atoms with Crippen molar-refractivity contribution in [1.82, 2.24) is 4.57 Å². The van der Waals surface area contributed by atoms with Gasteiger partial charge in [-0.1, -0.05) is 54.6 Å². The third-order valence-electron chi connectivity index (χ3n) is 4.44. The molecule has 4 nitrogen and oxygen atoms in total. The van der Waals surface area contributed by atoms with Crippen LogP contribution in [0.25, 0.3) is 22.0 Å². The highest BCUT2D eigenvalue weighted by Gasteiger charge is 2.28. The van der Waals surface area contributed by atoms with Gasteiger partial charge >= 0.3 is 5.97 Å². The van der Waals surface area contributed by atoms with Crippen LogP contribution in [-0.2, 0) is 0 Å². The molecule has 0 aliphatic carbocycles. The Kier molecular flexibility index (Phi) is 4.05. The Morgan fingerprint density at radius 1 is 0.815 bits per heavy atom. The Morgan fingerprint density at radius 2 is 1.44 bits per heavy atom. The van der Waals surface area contributed by atoms with Crippen molar-refractivity contribution in [3.05, 3.63) is 95.9 Å². The first-order valence-electron chi connectivity index (χ1n) is 8.31. The van der Waals surface area contributed by atoms with Crippen molar-refractivity contribution < 1.29 is 19.1 Å². The summed E-state index contributed by atoms with van der Waals surface area (Å²) in [5, 5.41) is 10.4. The maximum absolute atomic E-state index is 14.5. The predicted molar refractivity (Wildman–Crippen MR) is 100 cm³/mol. The Bertz CT molecular complexity index is 1180. The molecule has 0 radical (unpaired) electrons. The number of nitrogens with zero attached hydrogens (tertiary/aromatic N) is 1. The fourth-order valence-electron chi connectivity index (χ4n) is 3.30. The monoisotopic (exact) mass is 359 g/mol. The summed E-state index contributed by atoms with van der Waals surface area (Å²) in [5.74, 6) is -2.32. The molecule has 0 unspecified atom stereocenters. The lowest BCUT2D eigenvalue weighted by Crippen LogP contribution is -2.18. The van der Waals surface area contributed by atoms with Crippen LogP contribution in [0.4, 0.5) is 4.39 Å². The second kappa shape index (κ2) is 6.53. The summed E-state index contributed by atoms with van der Waals surface area (Å²) >= 11 is 0. The van der Waals surface area contributed by atoms with Crippen LogP contribution in [-0.4, -0.2) is 21.6 Å². The number of aromatic carboxylic acids is 1. The first-order chi connectivity index (χ1) is 13.1. The molecule has 0 aliphatic rings. The summed E-state index contributed by atoms with van der Waals surface area (Å²) < 4.78 is 15.6. The lowest BCUT2D eigenvalue weighted by molar-refractivity contribution is 0.0678. The quantitative estimate of drug-likeness (QED) is 0.570. The Morgan fingerprint density at radius 3 is 2.15 bits per heavy atom. The number of benzene rings is 3. The van der Waals surface area contributed by atoms with Crippen LogP contribution in [0.5, 0.6) is 0 Å². The molecule has 0 spiro atoms. The SMILES string of the molecule is O=C(O)c1c(-c2ccccc2F)c2ccccc2n1C(=O)c1ccccc1. The van der Waals surface area contributed by atoms with E-state index < -0.39 is 17.7 Å². The largest absolute Gasteiger partial charge is 0.477 e. The van der Waals surface area contributed by atoms with Gasteiger partial charge in [-0.25, -0.2) is 9.18 Å². The molecular formula is C22H14FNO3. The van der Waals surface area contributed by atoms with Crippen LogP contribution in [0.3, 0.4) is 0 Å². The Hall–Kier alpha value is -3.73. The molecule has 27 heavy (non-hydrogen) atoms. The normalized spacial score (nSPS) is 10.9. The number of hydrogen-bond acceptors (Lipinski definition) is 2. The van der Waals surface area contributed by atoms with Crippen molar-refractivity contribution in [3.63, 3.8) is 0 Å². The number of carboxylic acid groups (broad SMARTS) is 1. The van der Waals surface area contributed by atoms with Gasteiger partial charge in [0.2, 0.25) is 0 Å². The second-order valence-electron chi connectivity index (χ2n) is 6.03. The molecule has 132 valence electrons. The van der Waals surface area contributed by atoms with Gasteiger partial charge in [-0.05, 0) is 24.3 Å². The molecule has 1 heterocycles. The zero-order valence-electron chi connectivity index (χ0n) is 14.1. The molecular weight excluding hydrogens is 345 g/mol. The van der Waals surface area contributed by atoms with Crippen molar-refractivity contribution in [1.29, 1.82) is 0 Å². The topological polar surface area (TPSA) is 59.3 Å². The lowest BCUT2D eigenvalue weighted by atomic mass is 10.0. The number of hydrogen-bond donors (Lipinski definition) is 1. The highest BCUT2D eigenvalue weighted by molar-refractivity contribution is 6.15. The fourth-order valence-corrected chi connectivity index (χ4v) is 3.30. The number of rotatable bonds is 3. The third kappa shape index (κ3) is 2.69. The van der Waals surface area contributed by atoms with Gasteiger partial charge in [0.25, 0.3) is 5.91 Å². The molecule has 0 bridgehead atoms. The first kappa shape index (κ1) is 16.7. The Balaban J connectivity index is 2.12. The lowest BCUT2D eigenvalue weighted by Gasteiger charge is -2.08. The molecule has 0 fully saturated rings. The Labute approximate surface area is 154 Å². The molecule has 1 aromatic heterocycles. The molecule has 0 saturated heterocycles. The van der Waals surface area contributed by atoms with Crippen molar-refractivity contribution in [2.24, 2.45) is 0 Å². The summed E-state index contributed by atoms with van der Waals surface area (Å²) in [6, 6.07) is 21.2. The summed E-state index contributed by atoms with van der Waals surface area (Å²) in [6.07, 6.45) is 0. The van der Waals surface area contributed by atoms with Crippen LogP contribution >= 0.6 is 0 Å². The van der Waals surface area contributed by atoms with Gasteiger partial charge in [-0.2, -0.15) is 0 Å². The minimum absolute atomic E-state index is 0.144. The molecule has 0 atom stereocenters. The first-order valence-corrected chi connectivity index (χ1v) is 8.31. The minimum atomic E-state index is -1.30. The maximum Gasteiger partial charge on any atom is 0.353 e. The van der Waals surface area contributed by atoms with Crippen LogP contribution in [0.15, 0.2) is 78.9 Å². The molecule has 0 amide bonds. The number of aromatic nitrogens is 1. The van der Waals surface area contributed by atoms with Crippen LogP contribution in [0.2, 0.25) is 0 Å². The molecule has 4 aromatic rings. The second-order valence-corrected chi connectivity index (χ2v) is 6.03. The van der Waals surface area contributed by atoms with E-state index in [9.17, 15) is 19.1 Å². The standard InChI is InChI=1S/C22H14FNO3/c23-17-12-6-4-10-15(17)19-16-11-5-7-13-18(16)24(20(19)22(26)27)21(25)14-8-2-1-3-9-14/h1-13H,(H,26,27). The number of halogens is 1. The average molecular weight is 359 g/mol. The van der Waals surface area contributed by atoms with E-state index in [4.69, 9.17) is 0 Å². The highest BCUT2D eigenvalue weighted by Crippen LogP contribution is 2.36. The van der Waals surface area contributed by atoms with E-state index >= 15 is 0 Å². The molecule has 0 aliphatic heterocycles. The number of para-hydroxylation sites is 1. The van der Waals surface area contributed by atoms with Crippen molar-refractivity contribution in [2.45, 2.75) is 0 Å². The van der Waals surface area contributed by atoms with Crippen molar-refractivity contribution in [3.8, 4) is 11.1 Å². The van der Waals surface area contributed by atoms with Gasteiger partial charge < -0.3 is 5.11 Å². The van der Waals surface area contributed by atoms with Crippen LogP contribution in [0, 0.1) is 5.82 Å². The van der Waals surface area contributed by atoms with Gasteiger partial charge in [0, 0.05) is 22.1 Å². The van der Waals surface area contributed by atoms with Gasteiger partial charge in [-0.3, -0.25) is 9.36 Å². The number of carbonyl (C=O) groups is 2. The zero-order valence-corrected chi connectivity index (χ0v) is 14.1. The van der Waals surface area contributed by atoms with E-state index in [1.807, 2.05) is 0 Å². The van der Waals surface area contributed by atoms with E-state index in [-0.39, 0.29) is 16.8 Å². The molecule has 0 saturated carbocycles. The number of fused-ring (bicyclic) bond motifs is 1. The average Bonchev–Trinajstić information content (AvgIpc) is 3.04. The molecule has 1 N–H and O–H groups in total. The minimum Gasteiger partial charge on any atom is -0.477 e. The van der Waals surface area contributed by atoms with Gasteiger partial charge in [0.15, 0.2) is 0 Å². The molecule has 4 rings (SSSR count). The zero-order chi connectivity index (χ0) is 19.0. The third-order valence-corrected chi connectivity index (χ3v) is 4.44. The van der Waals surface area contributed by atoms with Crippen LogP contribution < -0.4 is 0 Å². The predicted octanol–water partition coefficient (Wildman–Crippen LogP) is 4.83. The van der Waals surface area contributed by atoms with Gasteiger partial charge in [-0.15, -0.1) is 0 Å². The van der Waals surface area contributed by atoms with Crippen molar-refractivity contribution >= 4 is 22.8 Å². The van der Waals surface area contributed by atoms with Crippen molar-refractivity contribution in [2.75, 3.05) is 0 Å². The smallest absolute Gasteiger partial charge is 0.353 e. The highest BCUT2D eigenvalue weighted by atomic mass is 19.1. The van der Waals surface area contributed by atoms with Crippen LogP contribution in [0.1, 0.15) is 20.8 Å². The van der Waals surface area contributed by atoms with Gasteiger partial charge in [0.05, 0.1) is 5.52 Å². The summed E-state index contributed by atoms with van der Waals surface area (Å²) in [6.45, 7) is 0. The van der Waals surface area contributed by atoms with E-state index in [0.717, 1.165) is 4.57 Å². The summed E-state index contributed by atoms with van der Waals surface area (Å²) in [4.78, 5) is 25.3. The summed E-state index contributed by atoms with van der Waals surface area (Å²) in [7, 11) is 0. The molecule has 3 aromatic carbocycles. The van der Waals surface area contributed by atoms with E-state index in [2.05, 4.69) is 0 Å². The summed E-state index contributed by atoms with van der Waals surface area (Å²) in [5.41, 5.74) is 0.851. The maximum atomic E-state index is 14.5. The van der Waals surface area contributed by atoms with E-state index in [1.54, 1.807) is 60.7 Å². The fraction of sp³-hybridized carbons (Fsp3) is 0. The number of carboxylic acids is 1. The number of carbonyl (C=O) groups excluding carboxylic acids is 1. The molecule has 5 heteroatoms.